The highest BCUT2D eigenvalue weighted by molar-refractivity contribution is 5.88. The van der Waals surface area contributed by atoms with Crippen LogP contribution >= 0.6 is 0 Å². The number of nitrogens with one attached hydrogen (secondary N) is 1. The van der Waals surface area contributed by atoms with Crippen molar-refractivity contribution < 1.29 is 23.8 Å². The van der Waals surface area contributed by atoms with E-state index in [1.54, 1.807) is 37.3 Å². The summed E-state index contributed by atoms with van der Waals surface area (Å²) >= 11 is 0. The average Bonchev–Trinajstić information content (AvgIpc) is 2.88. The Bertz CT molecular complexity index is 906. The van der Waals surface area contributed by atoms with Gasteiger partial charge in [-0.2, -0.15) is 0 Å². The maximum atomic E-state index is 13.4. The van der Waals surface area contributed by atoms with Gasteiger partial charge in [0.15, 0.2) is 6.61 Å². The molecule has 7 heteroatoms. The number of methoxy groups -OCH3 is 2. The summed E-state index contributed by atoms with van der Waals surface area (Å²) in [6.45, 7) is 2.07. The van der Waals surface area contributed by atoms with E-state index in [1.807, 2.05) is 37.3 Å². The van der Waals surface area contributed by atoms with Crippen LogP contribution in [0, 0.1) is 0 Å². The first-order valence-electron chi connectivity index (χ1n) is 12.0. The fourth-order valence-corrected chi connectivity index (χ4v) is 4.34. The molecule has 1 saturated carbocycles. The van der Waals surface area contributed by atoms with Gasteiger partial charge in [-0.25, -0.2) is 0 Å². The normalized spacial score (nSPS) is 14.7. The summed E-state index contributed by atoms with van der Waals surface area (Å²) < 4.78 is 16.4. The highest BCUT2D eigenvalue weighted by atomic mass is 16.5. The molecule has 0 saturated heterocycles. The molecule has 0 aliphatic heterocycles. The zero-order valence-electron chi connectivity index (χ0n) is 20.4. The van der Waals surface area contributed by atoms with Crippen molar-refractivity contribution in [2.75, 3.05) is 20.8 Å². The van der Waals surface area contributed by atoms with Crippen LogP contribution in [-0.2, 0) is 16.1 Å². The molecule has 2 aromatic carbocycles. The lowest BCUT2D eigenvalue weighted by Gasteiger charge is -2.32. The molecule has 0 bridgehead atoms. The maximum absolute atomic E-state index is 13.4. The molecule has 2 amide bonds. The van der Waals surface area contributed by atoms with Crippen molar-refractivity contribution in [3.63, 3.8) is 0 Å². The van der Waals surface area contributed by atoms with Crippen LogP contribution in [0.2, 0.25) is 0 Å². The van der Waals surface area contributed by atoms with Crippen LogP contribution in [0.1, 0.15) is 51.0 Å². The van der Waals surface area contributed by atoms with E-state index < -0.39 is 6.04 Å². The summed E-state index contributed by atoms with van der Waals surface area (Å²) in [6.07, 6.45) is 5.99. The summed E-state index contributed by atoms with van der Waals surface area (Å²) in [7, 11) is 3.12. The van der Waals surface area contributed by atoms with E-state index in [0.717, 1.165) is 31.2 Å². The van der Waals surface area contributed by atoms with Crippen LogP contribution < -0.4 is 19.5 Å². The van der Waals surface area contributed by atoms with Crippen molar-refractivity contribution >= 4 is 11.8 Å². The van der Waals surface area contributed by atoms with Gasteiger partial charge in [0.25, 0.3) is 5.91 Å². The Hall–Kier alpha value is -3.22. The summed E-state index contributed by atoms with van der Waals surface area (Å²) in [5, 5.41) is 3.19. The molecule has 1 N–H and O–H groups in total. The molecule has 34 heavy (non-hydrogen) atoms. The predicted octanol–water partition coefficient (Wildman–Crippen LogP) is 4.34. The monoisotopic (exact) mass is 468 g/mol. The second-order valence-corrected chi connectivity index (χ2v) is 8.61. The van der Waals surface area contributed by atoms with Crippen LogP contribution in [0.3, 0.4) is 0 Å². The molecule has 1 unspecified atom stereocenters. The van der Waals surface area contributed by atoms with E-state index in [-0.39, 0.29) is 24.5 Å². The van der Waals surface area contributed by atoms with Gasteiger partial charge in [0.2, 0.25) is 5.91 Å². The Morgan fingerprint density at radius 2 is 1.59 bits per heavy atom. The fourth-order valence-electron chi connectivity index (χ4n) is 4.34. The minimum Gasteiger partial charge on any atom is -0.496 e. The Morgan fingerprint density at radius 3 is 2.18 bits per heavy atom. The number of hydrogen-bond donors (Lipinski definition) is 1. The van der Waals surface area contributed by atoms with Gasteiger partial charge in [0, 0.05) is 30.8 Å². The average molecular weight is 469 g/mol. The molecule has 1 aliphatic rings. The molecule has 1 fully saturated rings. The maximum Gasteiger partial charge on any atom is 0.261 e. The van der Waals surface area contributed by atoms with E-state index in [4.69, 9.17) is 14.2 Å². The summed E-state index contributed by atoms with van der Waals surface area (Å²) in [6, 6.07) is 14.5. The lowest BCUT2D eigenvalue weighted by atomic mass is 9.95. The Labute approximate surface area is 202 Å². The lowest BCUT2D eigenvalue weighted by molar-refractivity contribution is -0.143. The number of hydrogen-bond acceptors (Lipinski definition) is 5. The van der Waals surface area contributed by atoms with Crippen LogP contribution in [0.25, 0.3) is 0 Å². The first-order valence-corrected chi connectivity index (χ1v) is 12.0. The second kappa shape index (κ2) is 12.9. The van der Waals surface area contributed by atoms with E-state index in [2.05, 4.69) is 5.32 Å². The van der Waals surface area contributed by atoms with Gasteiger partial charge in [-0.15, -0.1) is 0 Å². The van der Waals surface area contributed by atoms with E-state index in [0.29, 0.717) is 30.2 Å². The molecule has 2 aromatic rings. The molecule has 0 spiro atoms. The Balaban J connectivity index is 1.75. The molecule has 0 aromatic heterocycles. The van der Waals surface area contributed by atoms with Crippen molar-refractivity contribution in [1.29, 1.82) is 0 Å². The highest BCUT2D eigenvalue weighted by Crippen LogP contribution is 2.27. The summed E-state index contributed by atoms with van der Waals surface area (Å²) in [5.74, 6) is 1.25. The van der Waals surface area contributed by atoms with Gasteiger partial charge >= 0.3 is 0 Å². The van der Waals surface area contributed by atoms with E-state index in [1.165, 1.54) is 6.42 Å². The van der Waals surface area contributed by atoms with Crippen molar-refractivity contribution in [3.05, 3.63) is 54.1 Å². The van der Waals surface area contributed by atoms with Crippen LogP contribution in [0.15, 0.2) is 48.5 Å². The van der Waals surface area contributed by atoms with Crippen LogP contribution in [0.5, 0.6) is 17.2 Å². The number of benzene rings is 2. The van der Waals surface area contributed by atoms with Gasteiger partial charge in [-0.05, 0) is 24.8 Å². The number of carbonyl (C=O) groups is 2. The Kier molecular flexibility index (Phi) is 9.62. The molecule has 1 aliphatic carbocycles. The first-order chi connectivity index (χ1) is 16.5. The zero-order valence-corrected chi connectivity index (χ0v) is 20.4. The van der Waals surface area contributed by atoms with E-state index in [9.17, 15) is 9.59 Å². The molecule has 0 radical (unpaired) electrons. The minimum atomic E-state index is -0.571. The van der Waals surface area contributed by atoms with E-state index >= 15 is 0 Å². The number of rotatable bonds is 11. The van der Waals surface area contributed by atoms with Crippen molar-refractivity contribution in [1.82, 2.24) is 10.2 Å². The van der Waals surface area contributed by atoms with Crippen molar-refractivity contribution in [2.24, 2.45) is 0 Å². The SMILES string of the molecule is CCC(C(=O)NC1CCCCC1)N(Cc1ccccc1)C(=O)COc1cc(OC)cc(OC)c1. The van der Waals surface area contributed by atoms with Crippen molar-refractivity contribution in [2.45, 2.75) is 64.1 Å². The number of nitrogens with zero attached hydrogens (tertiary/aromatic N) is 1. The fraction of sp³-hybridized carbons (Fsp3) is 0.481. The van der Waals surface area contributed by atoms with Crippen LogP contribution in [0.4, 0.5) is 0 Å². The molecule has 0 heterocycles. The number of carbonyl (C=O) groups excluding carboxylic acids is 2. The smallest absolute Gasteiger partial charge is 0.261 e. The van der Waals surface area contributed by atoms with Crippen molar-refractivity contribution in [3.8, 4) is 17.2 Å². The van der Waals surface area contributed by atoms with Gasteiger partial charge in [0.05, 0.1) is 14.2 Å². The van der Waals surface area contributed by atoms with Gasteiger partial charge in [-0.1, -0.05) is 56.5 Å². The predicted molar refractivity (Wildman–Crippen MR) is 131 cm³/mol. The van der Waals surface area contributed by atoms with Gasteiger partial charge in [-0.3, -0.25) is 9.59 Å². The third kappa shape index (κ3) is 7.14. The summed E-state index contributed by atoms with van der Waals surface area (Å²) in [4.78, 5) is 28.3. The van der Waals surface area contributed by atoms with Gasteiger partial charge in [0.1, 0.15) is 23.3 Å². The third-order valence-corrected chi connectivity index (χ3v) is 6.22. The zero-order chi connectivity index (χ0) is 24.3. The quantitative estimate of drug-likeness (QED) is 0.531. The Morgan fingerprint density at radius 1 is 0.971 bits per heavy atom. The largest absolute Gasteiger partial charge is 0.496 e. The topological polar surface area (TPSA) is 77.1 Å². The highest BCUT2D eigenvalue weighted by Gasteiger charge is 2.30. The molecule has 1 atom stereocenters. The molecular formula is C27H36N2O5. The van der Waals surface area contributed by atoms with Crippen LogP contribution in [-0.4, -0.2) is 49.6 Å². The molecular weight excluding hydrogens is 432 g/mol. The molecule has 3 rings (SSSR count). The third-order valence-electron chi connectivity index (χ3n) is 6.22. The lowest BCUT2D eigenvalue weighted by Crippen LogP contribution is -2.52. The molecule has 184 valence electrons. The molecule has 7 nitrogen and oxygen atoms in total. The second-order valence-electron chi connectivity index (χ2n) is 8.61. The standard InChI is InChI=1S/C27H36N2O5/c1-4-25(27(31)28-21-13-9-6-10-14-21)29(18-20-11-7-5-8-12-20)26(30)19-34-24-16-22(32-2)15-23(17-24)33-3/h5,7-8,11-12,15-17,21,25H,4,6,9-10,13-14,18-19H2,1-3H3,(H,28,31). The number of ether oxygens (including phenoxy) is 3. The summed E-state index contributed by atoms with van der Waals surface area (Å²) in [5.41, 5.74) is 0.961. The first kappa shape index (κ1) is 25.4. The minimum absolute atomic E-state index is 0.0956. The van der Waals surface area contributed by atoms with Gasteiger partial charge < -0.3 is 24.4 Å². The number of amides is 2.